The molecule has 2 rings (SSSR count). The Kier molecular flexibility index (Phi) is 5.58. The highest BCUT2D eigenvalue weighted by Gasteiger charge is 2.34. The predicted octanol–water partition coefficient (Wildman–Crippen LogP) is 3.03. The number of carbonyl (C=O) groups is 1. The fourth-order valence-electron chi connectivity index (χ4n) is 2.73. The Balaban J connectivity index is 2.07. The second-order valence-electron chi connectivity index (χ2n) is 5.84. The van der Waals surface area contributed by atoms with E-state index in [1.807, 2.05) is 13.8 Å². The first-order valence-electron chi connectivity index (χ1n) is 7.63. The highest BCUT2D eigenvalue weighted by atomic mass is 19.4. The Morgan fingerprint density at radius 3 is 2.50 bits per heavy atom. The van der Waals surface area contributed by atoms with Crippen molar-refractivity contribution in [3.63, 3.8) is 0 Å². The van der Waals surface area contributed by atoms with Gasteiger partial charge in [0.2, 0.25) is 0 Å². The summed E-state index contributed by atoms with van der Waals surface area (Å²) in [5, 5.41) is 2.55. The van der Waals surface area contributed by atoms with Gasteiger partial charge < -0.3 is 19.7 Å². The maximum atomic E-state index is 13.2. The third-order valence-corrected chi connectivity index (χ3v) is 3.76. The van der Waals surface area contributed by atoms with Gasteiger partial charge in [0.25, 0.3) is 0 Å². The summed E-state index contributed by atoms with van der Waals surface area (Å²) in [5.74, 6) is 0.119. The third-order valence-electron chi connectivity index (χ3n) is 3.76. The Morgan fingerprint density at radius 1 is 1.33 bits per heavy atom. The smallest absolute Gasteiger partial charge is 0.416 e. The molecule has 1 aliphatic rings. The first-order valence-corrected chi connectivity index (χ1v) is 7.63. The zero-order valence-corrected chi connectivity index (χ0v) is 13.8. The molecule has 1 aromatic rings. The number of halogens is 3. The minimum atomic E-state index is -4.52. The average Bonchev–Trinajstić information content (AvgIpc) is 2.50. The summed E-state index contributed by atoms with van der Waals surface area (Å²) in [4.78, 5) is 13.8. The number of urea groups is 1. The number of ether oxygens (including phenoxy) is 2. The van der Waals surface area contributed by atoms with Crippen molar-refractivity contribution >= 4 is 6.03 Å². The van der Waals surface area contributed by atoms with Gasteiger partial charge in [0.15, 0.2) is 0 Å². The van der Waals surface area contributed by atoms with Crippen LogP contribution in [0.15, 0.2) is 18.2 Å². The van der Waals surface area contributed by atoms with E-state index in [0.717, 1.165) is 6.07 Å². The molecule has 1 aliphatic heterocycles. The standard InChI is InChI=1S/C16H21F3N2O3/c1-10-8-21(9-11(2)24-10)15(22)20-7-12-4-5-13(23-3)6-14(12)16(17,18)19/h4-6,10-11H,7-9H2,1-3H3,(H,20,22)/t10-,11+. The minimum Gasteiger partial charge on any atom is -0.497 e. The summed E-state index contributed by atoms with van der Waals surface area (Å²) in [5.41, 5.74) is -0.822. The molecular formula is C16H21F3N2O3. The van der Waals surface area contributed by atoms with Gasteiger partial charge in [-0.2, -0.15) is 13.2 Å². The molecule has 0 saturated carbocycles. The van der Waals surface area contributed by atoms with E-state index in [1.54, 1.807) is 4.90 Å². The van der Waals surface area contributed by atoms with Gasteiger partial charge in [0.1, 0.15) is 5.75 Å². The summed E-state index contributed by atoms with van der Waals surface area (Å²) in [6.45, 7) is 4.30. The molecule has 0 aliphatic carbocycles. The monoisotopic (exact) mass is 346 g/mol. The molecule has 0 radical (unpaired) electrons. The number of carbonyl (C=O) groups excluding carboxylic acids is 1. The number of nitrogens with zero attached hydrogens (tertiary/aromatic N) is 1. The van der Waals surface area contributed by atoms with E-state index in [2.05, 4.69) is 5.32 Å². The van der Waals surface area contributed by atoms with E-state index in [4.69, 9.17) is 9.47 Å². The van der Waals surface area contributed by atoms with Crippen LogP contribution in [0.1, 0.15) is 25.0 Å². The van der Waals surface area contributed by atoms with Gasteiger partial charge in [0, 0.05) is 19.6 Å². The molecule has 1 heterocycles. The normalized spacial score (nSPS) is 21.5. The second kappa shape index (κ2) is 7.29. The number of benzene rings is 1. The molecule has 24 heavy (non-hydrogen) atoms. The van der Waals surface area contributed by atoms with E-state index in [-0.39, 0.29) is 30.1 Å². The van der Waals surface area contributed by atoms with Gasteiger partial charge in [-0.3, -0.25) is 0 Å². The molecule has 1 fully saturated rings. The zero-order chi connectivity index (χ0) is 17.9. The van der Waals surface area contributed by atoms with Crippen molar-refractivity contribution in [3.8, 4) is 5.75 Å². The molecular weight excluding hydrogens is 325 g/mol. The molecule has 2 atom stereocenters. The molecule has 0 unspecified atom stereocenters. The lowest BCUT2D eigenvalue weighted by atomic mass is 10.1. The Bertz CT molecular complexity index is 582. The first-order chi connectivity index (χ1) is 11.2. The fourth-order valence-corrected chi connectivity index (χ4v) is 2.73. The van der Waals surface area contributed by atoms with Gasteiger partial charge in [-0.05, 0) is 31.5 Å². The van der Waals surface area contributed by atoms with Crippen LogP contribution in [0.4, 0.5) is 18.0 Å². The highest BCUT2D eigenvalue weighted by Crippen LogP contribution is 2.34. The highest BCUT2D eigenvalue weighted by molar-refractivity contribution is 5.74. The van der Waals surface area contributed by atoms with Crippen molar-refractivity contribution in [2.24, 2.45) is 0 Å². The van der Waals surface area contributed by atoms with Crippen LogP contribution < -0.4 is 10.1 Å². The summed E-state index contributed by atoms with van der Waals surface area (Å²) in [6, 6.07) is 3.28. The molecule has 2 amide bonds. The van der Waals surface area contributed by atoms with Gasteiger partial charge in [-0.1, -0.05) is 6.07 Å². The van der Waals surface area contributed by atoms with Gasteiger partial charge >= 0.3 is 12.2 Å². The second-order valence-corrected chi connectivity index (χ2v) is 5.84. The molecule has 8 heteroatoms. The number of amides is 2. The topological polar surface area (TPSA) is 50.8 Å². The lowest BCUT2D eigenvalue weighted by Crippen LogP contribution is -2.51. The van der Waals surface area contributed by atoms with Crippen molar-refractivity contribution in [2.75, 3.05) is 20.2 Å². The molecule has 0 aromatic heterocycles. The number of methoxy groups -OCH3 is 1. The van der Waals surface area contributed by atoms with Crippen molar-refractivity contribution in [2.45, 2.75) is 38.8 Å². The number of morpholine rings is 1. The predicted molar refractivity (Wildman–Crippen MR) is 81.8 cm³/mol. The molecule has 0 spiro atoms. The van der Waals surface area contributed by atoms with Gasteiger partial charge in [0.05, 0.1) is 24.9 Å². The molecule has 1 N–H and O–H groups in total. The van der Waals surface area contributed by atoms with E-state index in [9.17, 15) is 18.0 Å². The Labute approximate surface area is 138 Å². The Morgan fingerprint density at radius 2 is 1.96 bits per heavy atom. The zero-order valence-electron chi connectivity index (χ0n) is 13.8. The van der Waals surface area contributed by atoms with E-state index in [1.165, 1.54) is 19.2 Å². The van der Waals surface area contributed by atoms with Crippen molar-refractivity contribution in [3.05, 3.63) is 29.3 Å². The van der Waals surface area contributed by atoms with Crippen LogP contribution in [0.5, 0.6) is 5.75 Å². The molecule has 1 saturated heterocycles. The number of alkyl halides is 3. The van der Waals surface area contributed by atoms with Crippen LogP contribution in [-0.2, 0) is 17.5 Å². The van der Waals surface area contributed by atoms with Gasteiger partial charge in [-0.15, -0.1) is 0 Å². The number of rotatable bonds is 3. The molecule has 134 valence electrons. The maximum absolute atomic E-state index is 13.2. The maximum Gasteiger partial charge on any atom is 0.416 e. The van der Waals surface area contributed by atoms with Crippen LogP contribution in [0.2, 0.25) is 0 Å². The molecule has 0 bridgehead atoms. The summed E-state index contributed by atoms with van der Waals surface area (Å²) < 4.78 is 49.8. The molecule has 1 aromatic carbocycles. The lowest BCUT2D eigenvalue weighted by Gasteiger charge is -2.35. The van der Waals surface area contributed by atoms with Crippen LogP contribution in [0.3, 0.4) is 0 Å². The van der Waals surface area contributed by atoms with Crippen LogP contribution in [0.25, 0.3) is 0 Å². The van der Waals surface area contributed by atoms with Crippen molar-refractivity contribution < 1.29 is 27.4 Å². The van der Waals surface area contributed by atoms with Crippen molar-refractivity contribution in [1.29, 1.82) is 0 Å². The number of hydrogen-bond acceptors (Lipinski definition) is 3. The fraction of sp³-hybridized carbons (Fsp3) is 0.562. The SMILES string of the molecule is COc1ccc(CNC(=O)N2C[C@@H](C)O[C@@H](C)C2)c(C(F)(F)F)c1. The number of hydrogen-bond donors (Lipinski definition) is 1. The Hall–Kier alpha value is -1.96. The third kappa shape index (κ3) is 4.53. The summed E-state index contributed by atoms with van der Waals surface area (Å²) in [6.07, 6.45) is -4.73. The molecule has 5 nitrogen and oxygen atoms in total. The van der Waals surface area contributed by atoms with Crippen LogP contribution >= 0.6 is 0 Å². The van der Waals surface area contributed by atoms with Gasteiger partial charge in [-0.25, -0.2) is 4.79 Å². The quantitative estimate of drug-likeness (QED) is 0.915. The van der Waals surface area contributed by atoms with Crippen molar-refractivity contribution in [1.82, 2.24) is 10.2 Å². The largest absolute Gasteiger partial charge is 0.497 e. The number of nitrogens with one attached hydrogen (secondary N) is 1. The van der Waals surface area contributed by atoms with Crippen LogP contribution in [-0.4, -0.2) is 43.3 Å². The summed E-state index contributed by atoms with van der Waals surface area (Å²) in [7, 11) is 1.30. The minimum absolute atomic E-state index is 0.00833. The van der Waals surface area contributed by atoms with E-state index in [0.29, 0.717) is 13.1 Å². The lowest BCUT2D eigenvalue weighted by molar-refractivity contribution is -0.138. The average molecular weight is 346 g/mol. The van der Waals surface area contributed by atoms with E-state index < -0.39 is 17.8 Å². The van der Waals surface area contributed by atoms with Crippen LogP contribution in [0, 0.1) is 0 Å². The summed E-state index contributed by atoms with van der Waals surface area (Å²) >= 11 is 0. The first kappa shape index (κ1) is 18.4. The van der Waals surface area contributed by atoms with E-state index >= 15 is 0 Å².